The standard InChI is InChI=1S/C26H22ClN5O/c1-16-7-11-18(12-8-16)22-15-23(20-5-3-4-6-21(20)27)32-26(28-22)30-25(31-32)29-24(33)19-13-9-17(2)10-14-19/h3-15,23H,1-2H3,(H2,28,29,30,31,33)/t23-/m0/s1. The maximum atomic E-state index is 12.7. The average molecular weight is 456 g/mol. The van der Waals surface area contributed by atoms with Crippen molar-refractivity contribution in [3.63, 3.8) is 0 Å². The predicted octanol–water partition coefficient (Wildman–Crippen LogP) is 5.86. The molecule has 0 spiro atoms. The van der Waals surface area contributed by atoms with Crippen LogP contribution < -0.4 is 10.6 Å². The van der Waals surface area contributed by atoms with E-state index in [4.69, 9.17) is 11.6 Å². The van der Waals surface area contributed by atoms with Crippen molar-refractivity contribution in [2.45, 2.75) is 19.9 Å². The van der Waals surface area contributed by atoms with Crippen LogP contribution in [0.25, 0.3) is 5.70 Å². The number of rotatable bonds is 4. The Labute approximate surface area is 196 Å². The molecule has 0 saturated carbocycles. The van der Waals surface area contributed by atoms with Gasteiger partial charge >= 0.3 is 0 Å². The number of carbonyl (C=O) groups excluding carboxylic acids is 1. The van der Waals surface area contributed by atoms with E-state index in [-0.39, 0.29) is 17.9 Å². The maximum absolute atomic E-state index is 12.7. The van der Waals surface area contributed by atoms with Crippen LogP contribution >= 0.6 is 11.6 Å². The normalized spacial score (nSPS) is 14.8. The molecule has 6 nitrogen and oxygen atoms in total. The van der Waals surface area contributed by atoms with Crippen LogP contribution in [0.1, 0.15) is 38.7 Å². The smallest absolute Gasteiger partial charge is 0.258 e. The molecule has 1 aliphatic rings. The number of nitrogens with one attached hydrogen (secondary N) is 2. The Hall–Kier alpha value is -3.90. The molecule has 3 aromatic carbocycles. The first-order valence-electron chi connectivity index (χ1n) is 10.6. The van der Waals surface area contributed by atoms with E-state index in [2.05, 4.69) is 58.0 Å². The minimum absolute atomic E-state index is 0.221. The lowest BCUT2D eigenvalue weighted by atomic mass is 10.0. The van der Waals surface area contributed by atoms with Gasteiger partial charge in [-0.05, 0) is 49.2 Å². The Morgan fingerprint density at radius 1 is 0.970 bits per heavy atom. The van der Waals surface area contributed by atoms with Crippen molar-refractivity contribution in [1.82, 2.24) is 14.8 Å². The van der Waals surface area contributed by atoms with E-state index in [0.717, 1.165) is 22.4 Å². The minimum atomic E-state index is -0.288. The zero-order valence-corrected chi connectivity index (χ0v) is 19.0. The number of amides is 1. The molecule has 2 N–H and O–H groups in total. The van der Waals surface area contributed by atoms with E-state index >= 15 is 0 Å². The van der Waals surface area contributed by atoms with Gasteiger partial charge in [0.15, 0.2) is 0 Å². The fourth-order valence-corrected chi connectivity index (χ4v) is 4.01. The summed E-state index contributed by atoms with van der Waals surface area (Å²) < 4.78 is 1.74. The van der Waals surface area contributed by atoms with Gasteiger partial charge in [-0.1, -0.05) is 77.3 Å². The molecule has 0 radical (unpaired) electrons. The molecular formula is C26H22ClN5O. The van der Waals surface area contributed by atoms with Gasteiger partial charge in [-0.25, -0.2) is 4.68 Å². The Bertz CT molecular complexity index is 1360. The summed E-state index contributed by atoms with van der Waals surface area (Å²) in [4.78, 5) is 17.3. The molecule has 0 unspecified atom stereocenters. The van der Waals surface area contributed by atoms with Crippen LogP contribution in [0.4, 0.5) is 11.9 Å². The molecule has 0 bridgehead atoms. The van der Waals surface area contributed by atoms with E-state index in [1.807, 2.05) is 43.3 Å². The molecule has 7 heteroatoms. The van der Waals surface area contributed by atoms with Crippen LogP contribution in [0.15, 0.2) is 78.9 Å². The van der Waals surface area contributed by atoms with Gasteiger partial charge in [0, 0.05) is 16.3 Å². The molecule has 5 rings (SSSR count). The van der Waals surface area contributed by atoms with Crippen molar-refractivity contribution in [2.24, 2.45) is 0 Å². The largest absolute Gasteiger partial charge is 0.324 e. The lowest BCUT2D eigenvalue weighted by Gasteiger charge is -2.25. The van der Waals surface area contributed by atoms with Crippen LogP contribution in [-0.4, -0.2) is 20.7 Å². The van der Waals surface area contributed by atoms with Gasteiger partial charge in [0.2, 0.25) is 5.95 Å². The molecule has 4 aromatic rings. The zero-order chi connectivity index (χ0) is 22.9. The van der Waals surface area contributed by atoms with Crippen molar-refractivity contribution >= 4 is 35.1 Å². The maximum Gasteiger partial charge on any atom is 0.258 e. The number of allylic oxidation sites excluding steroid dienone is 1. The van der Waals surface area contributed by atoms with Gasteiger partial charge in [-0.15, -0.1) is 5.10 Å². The first kappa shape index (κ1) is 21.0. The monoisotopic (exact) mass is 455 g/mol. The SMILES string of the molecule is Cc1ccc(C(=O)Nc2nc3n(n2)[C@H](c2ccccc2Cl)C=C(c2ccc(C)cc2)N3)cc1. The molecule has 0 saturated heterocycles. The molecule has 33 heavy (non-hydrogen) atoms. The summed E-state index contributed by atoms with van der Waals surface area (Å²) in [5, 5.41) is 11.4. The lowest BCUT2D eigenvalue weighted by molar-refractivity contribution is 0.102. The number of halogens is 1. The number of benzene rings is 3. The highest BCUT2D eigenvalue weighted by molar-refractivity contribution is 6.31. The average Bonchev–Trinajstić information content (AvgIpc) is 3.22. The van der Waals surface area contributed by atoms with Crippen molar-refractivity contribution in [2.75, 3.05) is 10.6 Å². The van der Waals surface area contributed by atoms with Crippen LogP contribution in [0.5, 0.6) is 0 Å². The van der Waals surface area contributed by atoms with Gasteiger partial charge in [0.25, 0.3) is 11.9 Å². The third-order valence-corrected chi connectivity index (χ3v) is 5.94. The third kappa shape index (κ3) is 4.25. The second kappa shape index (κ2) is 8.56. The van der Waals surface area contributed by atoms with Gasteiger partial charge in [0.1, 0.15) is 6.04 Å². The Balaban J connectivity index is 1.52. The van der Waals surface area contributed by atoms with E-state index < -0.39 is 0 Å². The fraction of sp³-hybridized carbons (Fsp3) is 0.115. The molecule has 0 aliphatic carbocycles. The number of hydrogen-bond donors (Lipinski definition) is 2. The van der Waals surface area contributed by atoms with E-state index in [0.29, 0.717) is 16.5 Å². The Kier molecular flexibility index (Phi) is 5.44. The number of fused-ring (bicyclic) bond motifs is 1. The summed E-state index contributed by atoms with van der Waals surface area (Å²) in [5.41, 5.74) is 5.63. The molecule has 1 amide bonds. The molecule has 0 fully saturated rings. The molecule has 1 atom stereocenters. The van der Waals surface area contributed by atoms with Crippen molar-refractivity contribution in [3.8, 4) is 0 Å². The minimum Gasteiger partial charge on any atom is -0.324 e. The number of aryl methyl sites for hydroxylation is 2. The van der Waals surface area contributed by atoms with Crippen LogP contribution in [-0.2, 0) is 0 Å². The summed E-state index contributed by atoms with van der Waals surface area (Å²) in [6.45, 7) is 4.03. The lowest BCUT2D eigenvalue weighted by Crippen LogP contribution is -2.20. The third-order valence-electron chi connectivity index (χ3n) is 5.59. The van der Waals surface area contributed by atoms with Crippen molar-refractivity contribution in [1.29, 1.82) is 0 Å². The van der Waals surface area contributed by atoms with Crippen LogP contribution in [0, 0.1) is 13.8 Å². The number of nitrogens with zero attached hydrogens (tertiary/aromatic N) is 3. The summed E-state index contributed by atoms with van der Waals surface area (Å²) in [6.07, 6.45) is 2.07. The predicted molar refractivity (Wildman–Crippen MR) is 132 cm³/mol. The molecule has 1 aromatic heterocycles. The Morgan fingerprint density at radius 2 is 1.64 bits per heavy atom. The highest BCUT2D eigenvalue weighted by Gasteiger charge is 2.27. The fourth-order valence-electron chi connectivity index (χ4n) is 3.76. The first-order chi connectivity index (χ1) is 16.0. The summed E-state index contributed by atoms with van der Waals surface area (Å²) >= 11 is 6.54. The number of carbonyl (C=O) groups is 1. The number of hydrogen-bond acceptors (Lipinski definition) is 4. The molecule has 1 aliphatic heterocycles. The Morgan fingerprint density at radius 3 is 2.33 bits per heavy atom. The topological polar surface area (TPSA) is 71.8 Å². The van der Waals surface area contributed by atoms with Gasteiger partial charge in [-0.2, -0.15) is 4.98 Å². The quantitative estimate of drug-likeness (QED) is 0.404. The molecular weight excluding hydrogens is 434 g/mol. The second-order valence-electron chi connectivity index (χ2n) is 8.06. The number of anilines is 2. The highest BCUT2D eigenvalue weighted by Crippen LogP contribution is 2.36. The molecule has 164 valence electrons. The zero-order valence-electron chi connectivity index (χ0n) is 18.2. The van der Waals surface area contributed by atoms with Crippen LogP contribution in [0.3, 0.4) is 0 Å². The summed E-state index contributed by atoms with van der Waals surface area (Å²) in [5.74, 6) is 0.481. The highest BCUT2D eigenvalue weighted by atomic mass is 35.5. The van der Waals surface area contributed by atoms with Crippen LogP contribution in [0.2, 0.25) is 5.02 Å². The van der Waals surface area contributed by atoms with Crippen molar-refractivity contribution < 1.29 is 4.79 Å². The van der Waals surface area contributed by atoms with Gasteiger partial charge in [-0.3, -0.25) is 10.1 Å². The summed E-state index contributed by atoms with van der Waals surface area (Å²) in [6, 6.07) is 23.0. The van der Waals surface area contributed by atoms with E-state index in [9.17, 15) is 4.79 Å². The van der Waals surface area contributed by atoms with E-state index in [1.54, 1.807) is 16.8 Å². The first-order valence-corrected chi connectivity index (χ1v) is 11.0. The second-order valence-corrected chi connectivity index (χ2v) is 8.47. The van der Waals surface area contributed by atoms with Gasteiger partial charge in [0.05, 0.1) is 0 Å². The summed E-state index contributed by atoms with van der Waals surface area (Å²) in [7, 11) is 0. The van der Waals surface area contributed by atoms with Gasteiger partial charge < -0.3 is 5.32 Å². The molecule has 2 heterocycles. The van der Waals surface area contributed by atoms with E-state index in [1.165, 1.54) is 5.56 Å². The van der Waals surface area contributed by atoms with Crippen molar-refractivity contribution in [3.05, 3.63) is 112 Å². The number of aromatic nitrogens is 3.